The number of anilines is 18. The molecule has 0 atom stereocenters. The maximum absolute atomic E-state index is 14.1. The number of carbonyl (C=O) groups excluding carboxylic acids is 8. The molecule has 17 rings (SSSR count). The number of ether oxygens (including phenoxy) is 2. The Kier molecular flexibility index (Phi) is 30.4. The van der Waals surface area contributed by atoms with E-state index in [1.54, 1.807) is 72.7 Å². The summed E-state index contributed by atoms with van der Waals surface area (Å²) in [4.78, 5) is 154. The van der Waals surface area contributed by atoms with E-state index in [9.17, 15) is 60.3 Å². The van der Waals surface area contributed by atoms with Crippen molar-refractivity contribution in [1.82, 2.24) is 55.4 Å². The Balaban J connectivity index is 0.000000148. The molecule has 139 heavy (non-hydrogen) atoms. The maximum Gasteiger partial charge on any atom is 0.455 e. The van der Waals surface area contributed by atoms with Crippen molar-refractivity contribution < 1.29 is 69.8 Å². The summed E-state index contributed by atoms with van der Waals surface area (Å²) in [6, 6.07) is 26.2. The Morgan fingerprint density at radius 2 is 0.827 bits per heavy atom. The number of carbonyl (C=O) groups is 8. The van der Waals surface area contributed by atoms with E-state index in [4.69, 9.17) is 24.4 Å². The van der Waals surface area contributed by atoms with Gasteiger partial charge in [-0.25, -0.2) is 19.9 Å². The van der Waals surface area contributed by atoms with Crippen LogP contribution in [0.2, 0.25) is 0 Å². The number of amides is 8. The highest BCUT2D eigenvalue weighted by Gasteiger charge is 2.59. The van der Waals surface area contributed by atoms with Gasteiger partial charge in [-0.15, -0.1) is 0 Å². The van der Waals surface area contributed by atoms with Gasteiger partial charge in [-0.1, -0.05) is 50.7 Å². The standard InChI is InChI=1S/C28H39N7O2.C25H32N6O2.C24H32N6O3.C22H25F5N6O3/c1-28(2)18-35(22-10-5-6-11-22)24-23(34(4)26(28)37)17-29-27(32-24)31-21-9-7-8-20(16-21)30-25(36)19-12-14-33(3)15-13-19;1-25(2)15-31(19-9-4-5-10-19)21-20(30(3)23(25)33)14-26-24(29-21)28-18-8-6-7-16(13-18)22(32)27-17-11-12-17;1-15(31)26-16-10-11-20(33-5)18(12-16)27-23-25-13-19-21(28-23)30(17-8-6-7-9-17)14-24(2,3)22(32)29(19)4;1-20(2)10-33(11-21(23,24)22(25,26)27)16-14(32(4)18(20)35)9-29-19(31-16)30-13-7-6-12(17(34)28-3)8-15(13)36-5/h7-9,16-17,19,22H,5-6,10-15,18H2,1-4H3,(H,30,36)(H,29,31,32);6-8,13-14,17,19H,4-5,9-12,15H2,1-3H3,(H,27,32)(H,26,28,29);10-13,17H,6-9,14H2,1-5H3,(H,26,31)(H,25,27,28);6-9H,10-11H2,1-5H3,(H,28,34)(H,29,30,31). The topological polar surface area (TPSA) is 384 Å². The van der Waals surface area contributed by atoms with Gasteiger partial charge in [0.15, 0.2) is 23.3 Å². The zero-order valence-electron chi connectivity index (χ0n) is 82.1. The molecule has 35 nitrogen and oxygen atoms in total. The van der Waals surface area contributed by atoms with E-state index >= 15 is 0 Å². The van der Waals surface area contributed by atoms with Crippen LogP contribution in [0, 0.1) is 27.6 Å². The number of fused-ring (bicyclic) bond motifs is 4. The number of methoxy groups -OCH3 is 2. The first-order valence-corrected chi connectivity index (χ1v) is 47.4. The number of likely N-dealkylation sites (tertiary alicyclic amines) is 1. The van der Waals surface area contributed by atoms with Gasteiger partial charge in [-0.2, -0.15) is 41.9 Å². The van der Waals surface area contributed by atoms with Crippen molar-refractivity contribution >= 4 is 151 Å². The van der Waals surface area contributed by atoms with Gasteiger partial charge in [0.25, 0.3) is 11.8 Å². The first-order valence-electron chi connectivity index (χ1n) is 47.4. The number of hydrogen-bond acceptors (Lipinski definition) is 27. The molecule has 1 saturated heterocycles. The quantitative estimate of drug-likeness (QED) is 0.0310. The predicted molar refractivity (Wildman–Crippen MR) is 528 cm³/mol. The Morgan fingerprint density at radius 3 is 1.26 bits per heavy atom. The molecule has 4 aromatic heterocycles. The molecule has 0 spiro atoms. The average Bonchev–Trinajstić information content (AvgIpc) is 1.75. The summed E-state index contributed by atoms with van der Waals surface area (Å²) in [7, 11) is 13.3. The number of nitrogens with zero attached hydrogens (tertiary/aromatic N) is 17. The Hall–Kier alpha value is -13.4. The van der Waals surface area contributed by atoms with Gasteiger partial charge >= 0.3 is 12.1 Å². The van der Waals surface area contributed by atoms with Crippen LogP contribution in [0.5, 0.6) is 11.5 Å². The summed E-state index contributed by atoms with van der Waals surface area (Å²) >= 11 is 0. The third-order valence-corrected chi connectivity index (χ3v) is 27.0. The lowest BCUT2D eigenvalue weighted by atomic mass is 9.91. The molecule has 744 valence electrons. The van der Waals surface area contributed by atoms with E-state index in [-0.39, 0.29) is 70.5 Å². The second-order valence-corrected chi connectivity index (χ2v) is 39.9. The van der Waals surface area contributed by atoms with E-state index in [1.807, 2.05) is 97.1 Å². The lowest BCUT2D eigenvalue weighted by Crippen LogP contribution is -2.50. The van der Waals surface area contributed by atoms with Crippen molar-refractivity contribution in [2.75, 3.05) is 173 Å². The first-order chi connectivity index (χ1) is 65.8. The van der Waals surface area contributed by atoms with E-state index < -0.39 is 52.8 Å². The van der Waals surface area contributed by atoms with Crippen molar-refractivity contribution in [2.45, 2.75) is 201 Å². The molecule has 0 bridgehead atoms. The van der Waals surface area contributed by atoms with Gasteiger partial charge in [0.1, 0.15) is 34.2 Å². The minimum absolute atomic E-state index is 0.0315. The van der Waals surface area contributed by atoms with Crippen LogP contribution in [0.15, 0.2) is 110 Å². The lowest BCUT2D eigenvalue weighted by Gasteiger charge is -2.34. The predicted octanol–water partition coefficient (Wildman–Crippen LogP) is 15.6. The van der Waals surface area contributed by atoms with Crippen LogP contribution >= 0.6 is 0 Å². The van der Waals surface area contributed by atoms with Crippen LogP contribution in [0.3, 0.4) is 0 Å². The van der Waals surface area contributed by atoms with E-state index in [0.717, 1.165) is 139 Å². The molecular formula is C99H128F5N25O10. The summed E-state index contributed by atoms with van der Waals surface area (Å²) in [5, 5.41) is 24.0. The van der Waals surface area contributed by atoms with Crippen molar-refractivity contribution in [1.29, 1.82) is 0 Å². The van der Waals surface area contributed by atoms with E-state index in [0.29, 0.717) is 101 Å². The maximum atomic E-state index is 14.1. The number of piperidine rings is 1. The van der Waals surface area contributed by atoms with Crippen LogP contribution < -0.4 is 91.2 Å². The van der Waals surface area contributed by atoms with Crippen LogP contribution in [0.4, 0.5) is 126 Å². The molecule has 40 heteroatoms. The van der Waals surface area contributed by atoms with Crippen LogP contribution in [0.25, 0.3) is 0 Å². The molecule has 8 N–H and O–H groups in total. The SMILES string of the molecule is CN1C(=O)C(C)(C)CN(C2CCCC2)c2nc(Nc3cccc(C(=O)NC4CC4)c3)ncc21.CN1CCC(C(=O)Nc2cccc(Nc3ncc4c(n3)N(C3CCCC3)CC(C)(C)C(=O)N4C)c2)CC1.CNC(=O)c1ccc(Nc2ncc3c(n2)N(CC(F)(F)C(F)(F)F)CC(C)(C)C(=O)N3C)c(OC)c1.COc1ccc(NC(C)=O)cc1Nc1ncc2c(n1)N(C1CCCC1)CC(C)(C)C(=O)N2C. The number of nitrogens with one attached hydrogen (secondary N) is 8. The number of benzene rings is 4. The Labute approximate surface area is 807 Å². The van der Waals surface area contributed by atoms with Gasteiger partial charge in [0, 0.05) is 132 Å². The third-order valence-electron chi connectivity index (χ3n) is 27.0. The molecule has 0 radical (unpaired) electrons. The molecule has 5 fully saturated rings. The monoisotopic (exact) mass is 1920 g/mol. The van der Waals surface area contributed by atoms with Crippen LogP contribution in [0.1, 0.15) is 186 Å². The molecule has 8 aromatic rings. The smallest absolute Gasteiger partial charge is 0.455 e. The zero-order chi connectivity index (χ0) is 100. The number of rotatable bonds is 21. The molecule has 8 amide bonds. The number of hydrogen-bond donors (Lipinski definition) is 8. The highest BCUT2D eigenvalue weighted by molar-refractivity contribution is 6.05. The van der Waals surface area contributed by atoms with Crippen molar-refractivity contribution in [3.63, 3.8) is 0 Å². The minimum atomic E-state index is -5.80. The molecule has 4 aliphatic carbocycles. The fourth-order valence-electron chi connectivity index (χ4n) is 19.2. The van der Waals surface area contributed by atoms with Gasteiger partial charge in [0.2, 0.25) is 59.2 Å². The summed E-state index contributed by atoms with van der Waals surface area (Å²) < 4.78 is 78.1. The van der Waals surface area contributed by atoms with Crippen molar-refractivity contribution in [2.24, 2.45) is 27.6 Å². The highest BCUT2D eigenvalue weighted by Crippen LogP contribution is 2.48. The average molecular weight is 1920 g/mol. The van der Waals surface area contributed by atoms with E-state index in [2.05, 4.69) is 94.1 Å². The van der Waals surface area contributed by atoms with Crippen LogP contribution in [-0.4, -0.2) is 231 Å². The normalized spacial score (nSPS) is 18.8. The van der Waals surface area contributed by atoms with Crippen molar-refractivity contribution in [3.05, 3.63) is 121 Å². The number of halogens is 5. The third kappa shape index (κ3) is 23.4. The first kappa shape index (κ1) is 101. The minimum Gasteiger partial charge on any atom is -0.495 e. The van der Waals surface area contributed by atoms with Gasteiger partial charge in [-0.05, 0) is 213 Å². The second-order valence-electron chi connectivity index (χ2n) is 39.9. The molecule has 4 saturated carbocycles. The molecule has 5 aliphatic heterocycles. The molecule has 0 unspecified atom stereocenters. The Bertz CT molecular complexity index is 5880. The lowest BCUT2D eigenvalue weighted by molar-refractivity contribution is -0.277. The summed E-state index contributed by atoms with van der Waals surface area (Å²) in [6.45, 7) is 17.9. The highest BCUT2D eigenvalue weighted by atomic mass is 19.4. The van der Waals surface area contributed by atoms with Crippen molar-refractivity contribution in [3.8, 4) is 11.5 Å². The summed E-state index contributed by atoms with van der Waals surface area (Å²) in [6.07, 6.45) is 18.2. The zero-order valence-corrected chi connectivity index (χ0v) is 82.1. The van der Waals surface area contributed by atoms with Gasteiger partial charge < -0.3 is 96.1 Å². The largest absolute Gasteiger partial charge is 0.495 e. The molecule has 9 aliphatic rings. The summed E-state index contributed by atoms with van der Waals surface area (Å²) in [5.74, 6) is -1.74. The molecule has 9 heterocycles. The fraction of sp³-hybridized carbons (Fsp3) is 0.515. The summed E-state index contributed by atoms with van der Waals surface area (Å²) in [5.41, 5.74) is 4.06. The molecular weight excluding hydrogens is 1790 g/mol. The number of alkyl halides is 5. The van der Waals surface area contributed by atoms with Gasteiger partial charge in [0.05, 0.1) is 78.6 Å². The van der Waals surface area contributed by atoms with Crippen LogP contribution in [-0.2, 0) is 28.8 Å². The number of aromatic nitrogens is 8. The fourth-order valence-corrected chi connectivity index (χ4v) is 19.2. The van der Waals surface area contributed by atoms with E-state index in [1.165, 1.54) is 98.7 Å². The second kappa shape index (κ2) is 41.7. The van der Waals surface area contributed by atoms with Gasteiger partial charge in [-0.3, -0.25) is 38.4 Å². The molecule has 4 aromatic carbocycles. The Morgan fingerprint density at radius 1 is 0.432 bits per heavy atom.